The minimum atomic E-state index is -0.0207. The Labute approximate surface area is 175 Å². The second-order valence-corrected chi connectivity index (χ2v) is 10.7. The summed E-state index contributed by atoms with van der Waals surface area (Å²) in [5, 5.41) is 0.0424. The van der Waals surface area contributed by atoms with E-state index in [9.17, 15) is 9.59 Å². The van der Waals surface area contributed by atoms with Gasteiger partial charge in [0.15, 0.2) is 0 Å². The Morgan fingerprint density at radius 3 is 2.36 bits per heavy atom. The van der Waals surface area contributed by atoms with Crippen molar-refractivity contribution in [2.24, 2.45) is 5.92 Å². The number of amides is 2. The van der Waals surface area contributed by atoms with Crippen LogP contribution < -0.4 is 0 Å². The first-order valence-corrected chi connectivity index (χ1v) is 11.3. The van der Waals surface area contributed by atoms with Crippen LogP contribution in [0.3, 0.4) is 0 Å². The van der Waals surface area contributed by atoms with Crippen LogP contribution in [0.2, 0.25) is 0 Å². The van der Waals surface area contributed by atoms with Crippen molar-refractivity contribution in [2.75, 3.05) is 20.1 Å². The van der Waals surface area contributed by atoms with Crippen molar-refractivity contribution in [1.82, 2.24) is 9.80 Å². The molecule has 1 aliphatic heterocycles. The first-order valence-electron chi connectivity index (χ1n) is 10.3. The van der Waals surface area contributed by atoms with Gasteiger partial charge in [0.2, 0.25) is 11.8 Å². The molecule has 0 aromatic heterocycles. The second kappa shape index (κ2) is 9.34. The SMILES string of the molecule is CC(C)CC(=O)N(C)CCCN1C(=O)[C@H](C)S[C@@H]1c1ccc(C(C)(C)C)cc1. The van der Waals surface area contributed by atoms with E-state index in [-0.39, 0.29) is 27.9 Å². The minimum Gasteiger partial charge on any atom is -0.346 e. The van der Waals surface area contributed by atoms with Crippen LogP contribution in [0.4, 0.5) is 0 Å². The van der Waals surface area contributed by atoms with Gasteiger partial charge in [-0.05, 0) is 35.8 Å². The summed E-state index contributed by atoms with van der Waals surface area (Å²) in [6.07, 6.45) is 1.38. The fourth-order valence-corrected chi connectivity index (χ4v) is 4.72. The molecule has 0 N–H and O–H groups in total. The lowest BCUT2D eigenvalue weighted by atomic mass is 9.86. The quantitative estimate of drug-likeness (QED) is 0.653. The van der Waals surface area contributed by atoms with Crippen molar-refractivity contribution in [2.45, 2.75) is 70.4 Å². The molecule has 0 spiro atoms. The van der Waals surface area contributed by atoms with Gasteiger partial charge in [0.05, 0.1) is 5.25 Å². The van der Waals surface area contributed by atoms with E-state index in [0.717, 1.165) is 6.42 Å². The number of hydrogen-bond donors (Lipinski definition) is 0. The number of hydrogen-bond acceptors (Lipinski definition) is 3. The summed E-state index contributed by atoms with van der Waals surface area (Å²) in [4.78, 5) is 28.6. The summed E-state index contributed by atoms with van der Waals surface area (Å²) in [5.41, 5.74) is 2.60. The van der Waals surface area contributed by atoms with Gasteiger partial charge in [-0.25, -0.2) is 0 Å². The van der Waals surface area contributed by atoms with Gasteiger partial charge in [-0.3, -0.25) is 9.59 Å². The average Bonchev–Trinajstić information content (AvgIpc) is 2.88. The topological polar surface area (TPSA) is 40.6 Å². The fourth-order valence-electron chi connectivity index (χ4n) is 3.42. The number of carbonyl (C=O) groups excluding carboxylic acids is 2. The number of rotatable bonds is 7. The zero-order valence-corrected chi connectivity index (χ0v) is 19.3. The largest absolute Gasteiger partial charge is 0.346 e. The molecule has 1 heterocycles. The van der Waals surface area contributed by atoms with Gasteiger partial charge in [0.1, 0.15) is 5.37 Å². The van der Waals surface area contributed by atoms with E-state index in [1.54, 1.807) is 16.7 Å². The number of nitrogens with zero attached hydrogens (tertiary/aromatic N) is 2. The molecule has 0 radical (unpaired) electrons. The van der Waals surface area contributed by atoms with Crippen molar-refractivity contribution < 1.29 is 9.59 Å². The maximum atomic E-state index is 12.7. The summed E-state index contributed by atoms with van der Waals surface area (Å²) in [5.74, 6) is 0.749. The molecule has 2 atom stereocenters. The summed E-state index contributed by atoms with van der Waals surface area (Å²) in [7, 11) is 1.86. The summed E-state index contributed by atoms with van der Waals surface area (Å²) >= 11 is 1.72. The molecular formula is C23H36N2O2S. The second-order valence-electron chi connectivity index (χ2n) is 9.30. The molecule has 2 rings (SSSR count). The third kappa shape index (κ3) is 5.76. The molecule has 0 bridgehead atoms. The molecular weight excluding hydrogens is 368 g/mol. The molecule has 0 aliphatic carbocycles. The lowest BCUT2D eigenvalue weighted by Crippen LogP contribution is -2.34. The highest BCUT2D eigenvalue weighted by Crippen LogP contribution is 2.43. The first kappa shape index (κ1) is 22.8. The Hall–Kier alpha value is -1.49. The van der Waals surface area contributed by atoms with Crippen LogP contribution in [0, 0.1) is 5.92 Å². The van der Waals surface area contributed by atoms with Crippen molar-refractivity contribution in [1.29, 1.82) is 0 Å². The smallest absolute Gasteiger partial charge is 0.236 e. The van der Waals surface area contributed by atoms with Crippen LogP contribution in [0.25, 0.3) is 0 Å². The van der Waals surface area contributed by atoms with Gasteiger partial charge < -0.3 is 9.80 Å². The van der Waals surface area contributed by atoms with E-state index in [2.05, 4.69) is 58.9 Å². The van der Waals surface area contributed by atoms with E-state index in [1.165, 1.54) is 11.1 Å². The van der Waals surface area contributed by atoms with Crippen LogP contribution in [-0.4, -0.2) is 47.0 Å². The summed E-state index contributed by atoms with van der Waals surface area (Å²) in [6, 6.07) is 8.68. The van der Waals surface area contributed by atoms with Crippen LogP contribution >= 0.6 is 11.8 Å². The zero-order chi connectivity index (χ0) is 21.1. The molecule has 1 aliphatic rings. The Bertz CT molecular complexity index is 679. The zero-order valence-electron chi connectivity index (χ0n) is 18.5. The fraction of sp³-hybridized carbons (Fsp3) is 0.652. The molecule has 4 nitrogen and oxygen atoms in total. The molecule has 28 heavy (non-hydrogen) atoms. The van der Waals surface area contributed by atoms with E-state index in [4.69, 9.17) is 0 Å². The van der Waals surface area contributed by atoms with Crippen molar-refractivity contribution in [3.63, 3.8) is 0 Å². The van der Waals surface area contributed by atoms with E-state index < -0.39 is 0 Å². The molecule has 2 amide bonds. The standard InChI is InChI=1S/C23H36N2O2S/c1-16(2)15-20(26)24(7)13-8-14-25-21(27)17(3)28-22(25)18-9-11-19(12-10-18)23(4,5)6/h9-12,16-17,22H,8,13-15H2,1-7H3/t17-,22+/m0/s1. The normalized spacial score (nSPS) is 20.1. The van der Waals surface area contributed by atoms with Gasteiger partial charge in [-0.1, -0.05) is 58.9 Å². The average molecular weight is 405 g/mol. The van der Waals surface area contributed by atoms with E-state index in [1.807, 2.05) is 18.9 Å². The predicted octanol–water partition coefficient (Wildman–Crippen LogP) is 4.84. The molecule has 1 aromatic carbocycles. The third-order valence-corrected chi connectivity index (χ3v) is 6.60. The van der Waals surface area contributed by atoms with Crippen molar-refractivity contribution >= 4 is 23.6 Å². The molecule has 0 unspecified atom stereocenters. The summed E-state index contributed by atoms with van der Waals surface area (Å²) in [6.45, 7) is 14.1. The summed E-state index contributed by atoms with van der Waals surface area (Å²) < 4.78 is 0. The molecule has 1 aromatic rings. The number of benzene rings is 1. The molecule has 1 fully saturated rings. The maximum absolute atomic E-state index is 12.7. The molecule has 1 saturated heterocycles. The minimum absolute atomic E-state index is 0.0207. The van der Waals surface area contributed by atoms with Crippen LogP contribution in [-0.2, 0) is 15.0 Å². The van der Waals surface area contributed by atoms with Gasteiger partial charge in [-0.15, -0.1) is 11.8 Å². The maximum Gasteiger partial charge on any atom is 0.236 e. The Morgan fingerprint density at radius 2 is 1.82 bits per heavy atom. The third-order valence-electron chi connectivity index (χ3n) is 5.21. The van der Waals surface area contributed by atoms with Gasteiger partial charge in [0, 0.05) is 26.6 Å². The Morgan fingerprint density at radius 1 is 1.21 bits per heavy atom. The number of carbonyl (C=O) groups is 2. The Kier molecular flexibility index (Phi) is 7.60. The van der Waals surface area contributed by atoms with E-state index >= 15 is 0 Å². The van der Waals surface area contributed by atoms with Crippen molar-refractivity contribution in [3.8, 4) is 0 Å². The molecule has 156 valence electrons. The lowest BCUT2D eigenvalue weighted by Gasteiger charge is -2.26. The highest BCUT2D eigenvalue weighted by Gasteiger charge is 2.38. The lowest BCUT2D eigenvalue weighted by molar-refractivity contribution is -0.131. The van der Waals surface area contributed by atoms with Crippen LogP contribution in [0.5, 0.6) is 0 Å². The highest BCUT2D eigenvalue weighted by atomic mass is 32.2. The monoisotopic (exact) mass is 404 g/mol. The highest BCUT2D eigenvalue weighted by molar-refractivity contribution is 8.01. The van der Waals surface area contributed by atoms with Crippen LogP contribution in [0.15, 0.2) is 24.3 Å². The first-order chi connectivity index (χ1) is 13.0. The number of thioether (sulfide) groups is 1. The van der Waals surface area contributed by atoms with Crippen LogP contribution in [0.1, 0.15) is 70.9 Å². The van der Waals surface area contributed by atoms with Gasteiger partial charge in [-0.2, -0.15) is 0 Å². The molecule has 0 saturated carbocycles. The van der Waals surface area contributed by atoms with Gasteiger partial charge >= 0.3 is 0 Å². The van der Waals surface area contributed by atoms with Gasteiger partial charge in [0.25, 0.3) is 0 Å². The Balaban J connectivity index is 2.01. The predicted molar refractivity (Wildman–Crippen MR) is 118 cm³/mol. The van der Waals surface area contributed by atoms with E-state index in [0.29, 0.717) is 25.4 Å². The van der Waals surface area contributed by atoms with Crippen molar-refractivity contribution in [3.05, 3.63) is 35.4 Å². The molecule has 5 heteroatoms.